The molecular weight excluding hydrogens is 360 g/mol. The molecule has 3 aromatic carbocycles. The first kappa shape index (κ1) is 17.4. The highest BCUT2D eigenvalue weighted by Crippen LogP contribution is 2.35. The highest BCUT2D eigenvalue weighted by molar-refractivity contribution is 6.05. The van der Waals surface area contributed by atoms with Crippen molar-refractivity contribution in [3.05, 3.63) is 106 Å². The van der Waals surface area contributed by atoms with Crippen LogP contribution in [0.15, 0.2) is 93.1 Å². The summed E-state index contributed by atoms with van der Waals surface area (Å²) in [5.41, 5.74) is 5.63. The van der Waals surface area contributed by atoms with E-state index < -0.39 is 0 Å². The fraction of sp³-hybridized carbons (Fsp3) is 0.120. The number of hydrogen-bond acceptors (Lipinski definition) is 4. The predicted molar refractivity (Wildman–Crippen MR) is 117 cm³/mol. The monoisotopic (exact) mass is 380 g/mol. The number of para-hydroxylation sites is 3. The lowest BCUT2D eigenvalue weighted by molar-refractivity contribution is 0.559. The minimum Gasteiger partial charge on any atom is -0.422 e. The van der Waals surface area contributed by atoms with Crippen molar-refractivity contribution in [3.8, 4) is 0 Å². The molecule has 0 spiro atoms. The first-order valence-corrected chi connectivity index (χ1v) is 9.70. The van der Waals surface area contributed by atoms with E-state index in [0.717, 1.165) is 28.0 Å². The summed E-state index contributed by atoms with van der Waals surface area (Å²) >= 11 is 0. The molecule has 1 N–H and O–H groups in total. The van der Waals surface area contributed by atoms with E-state index in [9.17, 15) is 4.79 Å². The maximum absolute atomic E-state index is 12.8. The van der Waals surface area contributed by atoms with Gasteiger partial charge >= 0.3 is 5.63 Å². The second kappa shape index (κ2) is 7.06. The zero-order valence-corrected chi connectivity index (χ0v) is 16.1. The third kappa shape index (κ3) is 3.34. The van der Waals surface area contributed by atoms with Crippen LogP contribution in [0.3, 0.4) is 0 Å². The molecule has 1 aliphatic heterocycles. The van der Waals surface area contributed by atoms with E-state index in [0.29, 0.717) is 17.6 Å². The van der Waals surface area contributed by atoms with E-state index in [1.54, 1.807) is 6.07 Å². The molecule has 142 valence electrons. The number of aryl methyl sites for hydroxylation is 1. The summed E-state index contributed by atoms with van der Waals surface area (Å²) in [7, 11) is 0. The van der Waals surface area contributed by atoms with Gasteiger partial charge in [0.2, 0.25) is 0 Å². The Balaban J connectivity index is 1.66. The summed E-state index contributed by atoms with van der Waals surface area (Å²) in [6.45, 7) is 2.08. The van der Waals surface area contributed by atoms with Gasteiger partial charge in [-0.1, -0.05) is 60.2 Å². The standard InChI is InChI=1S/C25H20N2O2/c1-16-10-12-17(13-11-16)22-15-23(27-21-8-4-3-7-20(21)26-22)19-14-18-6-2-5-9-24(18)29-25(19)28/h2-14,22,26H,15H2,1H3. The Morgan fingerprint density at radius 1 is 0.966 bits per heavy atom. The van der Waals surface area contributed by atoms with Crippen molar-refractivity contribution in [2.75, 3.05) is 5.32 Å². The Morgan fingerprint density at radius 3 is 2.59 bits per heavy atom. The molecule has 0 saturated heterocycles. The molecule has 1 atom stereocenters. The fourth-order valence-electron chi connectivity index (χ4n) is 3.75. The van der Waals surface area contributed by atoms with Crippen LogP contribution in [-0.4, -0.2) is 5.71 Å². The van der Waals surface area contributed by atoms with Gasteiger partial charge in [-0.25, -0.2) is 4.79 Å². The van der Waals surface area contributed by atoms with Crippen LogP contribution in [0.5, 0.6) is 0 Å². The predicted octanol–water partition coefficient (Wildman–Crippen LogP) is 5.78. The SMILES string of the molecule is Cc1ccc(C2CC(c3cc4ccccc4oc3=O)=Nc3ccccc3N2)cc1. The van der Waals surface area contributed by atoms with Crippen LogP contribution >= 0.6 is 0 Å². The Hall–Kier alpha value is -3.66. The lowest BCUT2D eigenvalue weighted by atomic mass is 9.97. The lowest BCUT2D eigenvalue weighted by Gasteiger charge is -2.19. The molecule has 0 aliphatic carbocycles. The second-order valence-corrected chi connectivity index (χ2v) is 7.37. The smallest absolute Gasteiger partial charge is 0.345 e. The molecule has 0 radical (unpaired) electrons. The van der Waals surface area contributed by atoms with Gasteiger partial charge in [0.15, 0.2) is 0 Å². The molecule has 4 nitrogen and oxygen atoms in total. The van der Waals surface area contributed by atoms with Gasteiger partial charge in [-0.05, 0) is 36.8 Å². The van der Waals surface area contributed by atoms with E-state index in [1.165, 1.54) is 5.56 Å². The molecule has 5 rings (SSSR count). The van der Waals surface area contributed by atoms with Gasteiger partial charge in [0.25, 0.3) is 0 Å². The molecule has 4 aromatic rings. The number of rotatable bonds is 2. The average Bonchev–Trinajstić information content (AvgIpc) is 2.93. The number of aliphatic imine (C=N–C) groups is 1. The third-order valence-corrected chi connectivity index (χ3v) is 5.32. The average molecular weight is 380 g/mol. The summed E-state index contributed by atoms with van der Waals surface area (Å²) in [5, 5.41) is 4.50. The zero-order valence-electron chi connectivity index (χ0n) is 16.1. The largest absolute Gasteiger partial charge is 0.422 e. The molecule has 0 amide bonds. The Bertz CT molecular complexity index is 1290. The van der Waals surface area contributed by atoms with Gasteiger partial charge in [-0.15, -0.1) is 0 Å². The molecule has 4 heteroatoms. The first-order chi connectivity index (χ1) is 14.2. The van der Waals surface area contributed by atoms with Crippen LogP contribution in [0, 0.1) is 6.92 Å². The van der Waals surface area contributed by atoms with E-state index >= 15 is 0 Å². The van der Waals surface area contributed by atoms with Crippen LogP contribution in [0.1, 0.15) is 29.2 Å². The number of benzene rings is 3. The molecule has 1 unspecified atom stereocenters. The minimum atomic E-state index is -0.357. The topological polar surface area (TPSA) is 54.6 Å². The minimum absolute atomic E-state index is 0.00358. The summed E-state index contributed by atoms with van der Waals surface area (Å²) in [6.07, 6.45) is 0.584. The van der Waals surface area contributed by atoms with Crippen LogP contribution < -0.4 is 10.9 Å². The molecule has 0 saturated carbocycles. The van der Waals surface area contributed by atoms with Crippen molar-refractivity contribution in [2.24, 2.45) is 4.99 Å². The molecule has 0 fully saturated rings. The van der Waals surface area contributed by atoms with Gasteiger partial charge in [0.05, 0.1) is 28.7 Å². The van der Waals surface area contributed by atoms with Gasteiger partial charge in [-0.3, -0.25) is 4.99 Å². The maximum Gasteiger partial charge on any atom is 0.345 e. The van der Waals surface area contributed by atoms with E-state index in [-0.39, 0.29) is 11.7 Å². The molecule has 29 heavy (non-hydrogen) atoms. The van der Waals surface area contributed by atoms with Crippen LogP contribution in [0.2, 0.25) is 0 Å². The Kier molecular flexibility index (Phi) is 4.24. The van der Waals surface area contributed by atoms with Gasteiger partial charge < -0.3 is 9.73 Å². The Labute approximate surface area is 168 Å². The number of anilines is 1. The summed E-state index contributed by atoms with van der Waals surface area (Å²) < 4.78 is 5.57. The normalized spacial score (nSPS) is 15.9. The Morgan fingerprint density at radius 2 is 1.72 bits per heavy atom. The highest BCUT2D eigenvalue weighted by Gasteiger charge is 2.23. The van der Waals surface area contributed by atoms with Crippen molar-refractivity contribution < 1.29 is 4.42 Å². The number of fused-ring (bicyclic) bond motifs is 2. The van der Waals surface area contributed by atoms with E-state index in [2.05, 4.69) is 36.5 Å². The van der Waals surface area contributed by atoms with Crippen LogP contribution in [-0.2, 0) is 0 Å². The third-order valence-electron chi connectivity index (χ3n) is 5.32. The van der Waals surface area contributed by atoms with Crippen LogP contribution in [0.25, 0.3) is 11.0 Å². The molecule has 1 aromatic heterocycles. The maximum atomic E-state index is 12.8. The van der Waals surface area contributed by atoms with Crippen LogP contribution in [0.4, 0.5) is 11.4 Å². The fourth-order valence-corrected chi connectivity index (χ4v) is 3.75. The summed E-state index contributed by atoms with van der Waals surface area (Å²) in [6, 6.07) is 25.8. The van der Waals surface area contributed by atoms with Crippen molar-refractivity contribution in [3.63, 3.8) is 0 Å². The number of hydrogen-bond donors (Lipinski definition) is 1. The highest BCUT2D eigenvalue weighted by atomic mass is 16.4. The molecular formula is C25H20N2O2. The first-order valence-electron chi connectivity index (χ1n) is 9.70. The van der Waals surface area contributed by atoms with Crippen molar-refractivity contribution in [1.29, 1.82) is 0 Å². The molecule has 0 bridgehead atoms. The van der Waals surface area contributed by atoms with Gasteiger partial charge in [-0.2, -0.15) is 0 Å². The lowest BCUT2D eigenvalue weighted by Crippen LogP contribution is -2.19. The van der Waals surface area contributed by atoms with Gasteiger partial charge in [0.1, 0.15) is 5.58 Å². The quantitative estimate of drug-likeness (QED) is 0.449. The zero-order chi connectivity index (χ0) is 19.8. The summed E-state index contributed by atoms with van der Waals surface area (Å²) in [4.78, 5) is 17.6. The molecule has 2 heterocycles. The van der Waals surface area contributed by atoms with Crippen molar-refractivity contribution in [2.45, 2.75) is 19.4 Å². The summed E-state index contributed by atoms with van der Waals surface area (Å²) in [5.74, 6) is 0. The molecule has 1 aliphatic rings. The number of nitrogens with zero attached hydrogens (tertiary/aromatic N) is 1. The van der Waals surface area contributed by atoms with E-state index in [1.807, 2.05) is 48.5 Å². The van der Waals surface area contributed by atoms with E-state index in [4.69, 9.17) is 9.41 Å². The number of nitrogens with one attached hydrogen (secondary N) is 1. The van der Waals surface area contributed by atoms with Crippen molar-refractivity contribution in [1.82, 2.24) is 0 Å². The van der Waals surface area contributed by atoms with Gasteiger partial charge in [0, 0.05) is 11.8 Å². The van der Waals surface area contributed by atoms with Crippen molar-refractivity contribution >= 4 is 28.1 Å². The second-order valence-electron chi connectivity index (χ2n) is 7.37.